The molecule has 0 saturated carbocycles. The van der Waals surface area contributed by atoms with Crippen molar-refractivity contribution in [3.05, 3.63) is 93.8 Å². The van der Waals surface area contributed by atoms with Crippen molar-refractivity contribution in [1.29, 1.82) is 0 Å². The van der Waals surface area contributed by atoms with E-state index in [9.17, 15) is 4.39 Å². The van der Waals surface area contributed by atoms with Gasteiger partial charge in [-0.05, 0) is 37.1 Å². The van der Waals surface area contributed by atoms with E-state index in [1.165, 1.54) is 17.2 Å². The Labute approximate surface area is 176 Å². The predicted molar refractivity (Wildman–Crippen MR) is 115 cm³/mol. The number of rotatable bonds is 9. The average molecular weight is 414 g/mol. The molecule has 0 bridgehead atoms. The SMILES string of the molecule is CCOc1cc(CNCc2ccc(C)cc2)c(Cl)cc1OCc1ccccc1F. The monoisotopic (exact) mass is 413 g/mol. The minimum atomic E-state index is -0.298. The second kappa shape index (κ2) is 10.3. The molecule has 0 radical (unpaired) electrons. The Morgan fingerprint density at radius 1 is 0.897 bits per heavy atom. The number of aryl methyl sites for hydroxylation is 1. The van der Waals surface area contributed by atoms with E-state index in [4.69, 9.17) is 21.1 Å². The van der Waals surface area contributed by atoms with Crippen molar-refractivity contribution < 1.29 is 13.9 Å². The zero-order valence-electron chi connectivity index (χ0n) is 16.7. The third kappa shape index (κ3) is 5.96. The van der Waals surface area contributed by atoms with Crippen molar-refractivity contribution >= 4 is 11.6 Å². The second-order valence-electron chi connectivity index (χ2n) is 6.79. The summed E-state index contributed by atoms with van der Waals surface area (Å²) in [6.07, 6.45) is 0. The van der Waals surface area contributed by atoms with Gasteiger partial charge in [0.1, 0.15) is 12.4 Å². The van der Waals surface area contributed by atoms with Gasteiger partial charge >= 0.3 is 0 Å². The van der Waals surface area contributed by atoms with Crippen LogP contribution in [0.3, 0.4) is 0 Å². The first kappa shape index (κ1) is 21.2. The molecule has 0 aromatic heterocycles. The molecule has 0 heterocycles. The Balaban J connectivity index is 1.68. The molecule has 152 valence electrons. The summed E-state index contributed by atoms with van der Waals surface area (Å²) >= 11 is 6.47. The minimum absolute atomic E-state index is 0.105. The van der Waals surface area contributed by atoms with Crippen molar-refractivity contribution in [2.45, 2.75) is 33.5 Å². The van der Waals surface area contributed by atoms with E-state index < -0.39 is 0 Å². The molecule has 29 heavy (non-hydrogen) atoms. The van der Waals surface area contributed by atoms with Crippen molar-refractivity contribution in [3.8, 4) is 11.5 Å². The molecule has 3 aromatic rings. The molecule has 0 saturated heterocycles. The van der Waals surface area contributed by atoms with Crippen LogP contribution in [0, 0.1) is 12.7 Å². The highest BCUT2D eigenvalue weighted by atomic mass is 35.5. The zero-order chi connectivity index (χ0) is 20.6. The molecular weight excluding hydrogens is 389 g/mol. The highest BCUT2D eigenvalue weighted by Gasteiger charge is 2.12. The van der Waals surface area contributed by atoms with Crippen molar-refractivity contribution in [1.82, 2.24) is 5.32 Å². The van der Waals surface area contributed by atoms with E-state index in [-0.39, 0.29) is 12.4 Å². The minimum Gasteiger partial charge on any atom is -0.490 e. The third-order valence-electron chi connectivity index (χ3n) is 4.52. The van der Waals surface area contributed by atoms with Crippen molar-refractivity contribution in [2.75, 3.05) is 6.61 Å². The molecular formula is C24H25ClFNO2. The Hall–Kier alpha value is -2.56. The molecule has 0 aliphatic rings. The average Bonchev–Trinajstić information content (AvgIpc) is 2.71. The van der Waals surface area contributed by atoms with Gasteiger partial charge in [-0.25, -0.2) is 4.39 Å². The maximum absolute atomic E-state index is 13.8. The van der Waals surface area contributed by atoms with Crippen LogP contribution in [0.5, 0.6) is 11.5 Å². The summed E-state index contributed by atoms with van der Waals surface area (Å²) in [5.74, 6) is 0.802. The van der Waals surface area contributed by atoms with E-state index in [1.54, 1.807) is 24.3 Å². The summed E-state index contributed by atoms with van der Waals surface area (Å²) in [5, 5.41) is 3.98. The van der Waals surface area contributed by atoms with E-state index in [1.807, 2.05) is 13.0 Å². The number of benzene rings is 3. The molecule has 3 nitrogen and oxygen atoms in total. The van der Waals surface area contributed by atoms with Gasteiger partial charge in [-0.15, -0.1) is 0 Å². The van der Waals surface area contributed by atoms with Crippen molar-refractivity contribution in [3.63, 3.8) is 0 Å². The fourth-order valence-corrected chi connectivity index (χ4v) is 3.13. The molecule has 0 atom stereocenters. The van der Waals surface area contributed by atoms with Crippen LogP contribution < -0.4 is 14.8 Å². The summed E-state index contributed by atoms with van der Waals surface area (Å²) < 4.78 is 25.4. The van der Waals surface area contributed by atoms with Crippen LogP contribution in [0.15, 0.2) is 60.7 Å². The van der Waals surface area contributed by atoms with Gasteiger partial charge in [0.05, 0.1) is 6.61 Å². The molecule has 5 heteroatoms. The molecule has 0 amide bonds. The van der Waals surface area contributed by atoms with Gasteiger partial charge in [0.15, 0.2) is 11.5 Å². The number of hydrogen-bond acceptors (Lipinski definition) is 3. The summed E-state index contributed by atoms with van der Waals surface area (Å²) in [7, 11) is 0. The van der Waals surface area contributed by atoms with Crippen LogP contribution in [0.1, 0.15) is 29.2 Å². The van der Waals surface area contributed by atoms with Crippen LogP contribution in [-0.2, 0) is 19.7 Å². The Morgan fingerprint density at radius 2 is 1.62 bits per heavy atom. The summed E-state index contributed by atoms with van der Waals surface area (Å²) in [4.78, 5) is 0. The van der Waals surface area contributed by atoms with Gasteiger partial charge in [-0.2, -0.15) is 0 Å². The Bertz CT molecular complexity index is 944. The lowest BCUT2D eigenvalue weighted by atomic mass is 10.1. The molecule has 3 aromatic carbocycles. The smallest absolute Gasteiger partial charge is 0.163 e. The Kier molecular flexibility index (Phi) is 7.50. The molecule has 0 aliphatic heterocycles. The first-order valence-electron chi connectivity index (χ1n) is 9.64. The molecule has 1 N–H and O–H groups in total. The lowest BCUT2D eigenvalue weighted by molar-refractivity contribution is 0.265. The first-order valence-corrected chi connectivity index (χ1v) is 10.0. The molecule has 0 fully saturated rings. The quantitative estimate of drug-likeness (QED) is 0.462. The largest absolute Gasteiger partial charge is 0.490 e. The fraction of sp³-hybridized carbons (Fsp3) is 0.250. The molecule has 0 spiro atoms. The fourth-order valence-electron chi connectivity index (χ4n) is 2.91. The summed E-state index contributed by atoms with van der Waals surface area (Å²) in [5.41, 5.74) is 3.85. The number of ether oxygens (including phenoxy) is 2. The topological polar surface area (TPSA) is 30.5 Å². The van der Waals surface area contributed by atoms with Gasteiger partial charge in [0.25, 0.3) is 0 Å². The van der Waals surface area contributed by atoms with Crippen molar-refractivity contribution in [2.24, 2.45) is 0 Å². The standard InChI is InChI=1S/C24H25ClFNO2/c1-3-28-23-12-20(15-27-14-18-10-8-17(2)9-11-18)21(25)13-24(23)29-16-19-6-4-5-7-22(19)26/h4-13,27H,3,14-16H2,1-2H3. The number of nitrogens with one attached hydrogen (secondary N) is 1. The maximum atomic E-state index is 13.8. The van der Waals surface area contributed by atoms with E-state index in [0.717, 1.165) is 12.1 Å². The number of halogens is 2. The molecule has 0 unspecified atom stereocenters. The zero-order valence-corrected chi connectivity index (χ0v) is 17.4. The third-order valence-corrected chi connectivity index (χ3v) is 4.87. The van der Waals surface area contributed by atoms with Crippen LogP contribution in [-0.4, -0.2) is 6.61 Å². The highest BCUT2D eigenvalue weighted by Crippen LogP contribution is 2.34. The molecule has 0 aliphatic carbocycles. The summed E-state index contributed by atoms with van der Waals surface area (Å²) in [6, 6.07) is 18.6. The van der Waals surface area contributed by atoms with Crippen LogP contribution >= 0.6 is 11.6 Å². The maximum Gasteiger partial charge on any atom is 0.163 e. The van der Waals surface area contributed by atoms with Crippen LogP contribution in [0.2, 0.25) is 5.02 Å². The lowest BCUT2D eigenvalue weighted by Crippen LogP contribution is -2.13. The highest BCUT2D eigenvalue weighted by molar-refractivity contribution is 6.31. The van der Waals surface area contributed by atoms with Crippen LogP contribution in [0.4, 0.5) is 4.39 Å². The molecule has 3 rings (SSSR count). The van der Waals surface area contributed by atoms with Gasteiger partial charge in [0.2, 0.25) is 0 Å². The summed E-state index contributed by atoms with van der Waals surface area (Å²) in [6.45, 7) is 5.92. The van der Waals surface area contributed by atoms with E-state index in [2.05, 4.69) is 36.5 Å². The second-order valence-corrected chi connectivity index (χ2v) is 7.20. The number of hydrogen-bond donors (Lipinski definition) is 1. The Morgan fingerprint density at radius 3 is 2.34 bits per heavy atom. The van der Waals surface area contributed by atoms with E-state index in [0.29, 0.717) is 35.2 Å². The van der Waals surface area contributed by atoms with Gasteiger partial charge in [-0.1, -0.05) is 59.6 Å². The van der Waals surface area contributed by atoms with E-state index >= 15 is 0 Å². The normalized spacial score (nSPS) is 10.8. The lowest BCUT2D eigenvalue weighted by Gasteiger charge is -2.15. The van der Waals surface area contributed by atoms with Gasteiger partial charge in [0, 0.05) is 29.7 Å². The van der Waals surface area contributed by atoms with Gasteiger partial charge in [-0.3, -0.25) is 0 Å². The predicted octanol–water partition coefficient (Wildman–Crippen LogP) is 6.06. The van der Waals surface area contributed by atoms with Gasteiger partial charge < -0.3 is 14.8 Å². The van der Waals surface area contributed by atoms with Crippen LogP contribution in [0.25, 0.3) is 0 Å². The first-order chi connectivity index (χ1) is 14.1.